The zero-order chi connectivity index (χ0) is 14.8. The van der Waals surface area contributed by atoms with Crippen molar-refractivity contribution in [2.75, 3.05) is 18.8 Å². The number of nitrogen functional groups attached to an aromatic ring is 1. The first kappa shape index (κ1) is 15.2. The quantitative estimate of drug-likeness (QED) is 0.897. The first-order valence-electron chi connectivity index (χ1n) is 6.95. The smallest absolute Gasteiger partial charge is 0.216 e. The van der Waals surface area contributed by atoms with Gasteiger partial charge in [0.1, 0.15) is 5.82 Å². The van der Waals surface area contributed by atoms with Gasteiger partial charge in [0.15, 0.2) is 0 Å². The Bertz CT molecular complexity index is 559. The van der Waals surface area contributed by atoms with Gasteiger partial charge in [-0.1, -0.05) is 0 Å². The SMILES string of the molecule is CC(C)S(=O)(=O)N1CCCC(Cc2nccnc2N)C1. The second kappa shape index (κ2) is 6.05. The van der Waals surface area contributed by atoms with E-state index >= 15 is 0 Å². The molecule has 1 aliphatic rings. The van der Waals surface area contributed by atoms with Crippen LogP contribution in [-0.4, -0.2) is 41.0 Å². The third-order valence-corrected chi connectivity index (χ3v) is 5.97. The fourth-order valence-corrected chi connectivity index (χ4v) is 3.93. The molecule has 20 heavy (non-hydrogen) atoms. The number of piperidine rings is 1. The minimum absolute atomic E-state index is 0.260. The van der Waals surface area contributed by atoms with Gasteiger partial charge in [0.25, 0.3) is 0 Å². The summed E-state index contributed by atoms with van der Waals surface area (Å²) < 4.78 is 26.1. The molecule has 0 saturated carbocycles. The highest BCUT2D eigenvalue weighted by molar-refractivity contribution is 7.89. The lowest BCUT2D eigenvalue weighted by Gasteiger charge is -2.33. The molecule has 1 aromatic heterocycles. The van der Waals surface area contributed by atoms with Crippen LogP contribution >= 0.6 is 0 Å². The van der Waals surface area contributed by atoms with Crippen molar-refractivity contribution >= 4 is 15.8 Å². The van der Waals surface area contributed by atoms with Crippen LogP contribution in [0.1, 0.15) is 32.4 Å². The topological polar surface area (TPSA) is 89.2 Å². The summed E-state index contributed by atoms with van der Waals surface area (Å²) in [5.41, 5.74) is 6.57. The van der Waals surface area contributed by atoms with Crippen molar-refractivity contribution in [2.45, 2.75) is 38.4 Å². The standard InChI is InChI=1S/C13H22N4O2S/c1-10(2)20(18,19)17-7-3-4-11(9-17)8-12-13(14)16-6-5-15-12/h5-6,10-11H,3-4,7-9H2,1-2H3,(H2,14,16). The van der Waals surface area contributed by atoms with Gasteiger partial charge in [-0.05, 0) is 39.0 Å². The monoisotopic (exact) mass is 298 g/mol. The van der Waals surface area contributed by atoms with Crippen molar-refractivity contribution in [3.05, 3.63) is 18.1 Å². The molecule has 0 spiro atoms. The average molecular weight is 298 g/mol. The third kappa shape index (κ3) is 3.27. The first-order chi connectivity index (χ1) is 9.41. The van der Waals surface area contributed by atoms with E-state index in [4.69, 9.17) is 5.73 Å². The van der Waals surface area contributed by atoms with E-state index in [1.165, 1.54) is 0 Å². The Morgan fingerprint density at radius 1 is 1.40 bits per heavy atom. The molecule has 0 radical (unpaired) electrons. The van der Waals surface area contributed by atoms with Crippen LogP contribution in [-0.2, 0) is 16.4 Å². The van der Waals surface area contributed by atoms with Crippen LogP contribution in [0.4, 0.5) is 5.82 Å². The van der Waals surface area contributed by atoms with Gasteiger partial charge in [0.2, 0.25) is 10.0 Å². The molecule has 112 valence electrons. The van der Waals surface area contributed by atoms with Gasteiger partial charge < -0.3 is 5.73 Å². The maximum absolute atomic E-state index is 12.2. The number of rotatable bonds is 4. The van der Waals surface area contributed by atoms with Crippen LogP contribution in [0.15, 0.2) is 12.4 Å². The summed E-state index contributed by atoms with van der Waals surface area (Å²) in [6, 6.07) is 0. The molecule has 6 nitrogen and oxygen atoms in total. The normalized spacial score (nSPS) is 21.2. The van der Waals surface area contributed by atoms with Gasteiger partial charge in [-0.25, -0.2) is 17.7 Å². The van der Waals surface area contributed by atoms with E-state index in [1.54, 1.807) is 30.5 Å². The molecule has 0 aliphatic carbocycles. The number of hydrogen-bond acceptors (Lipinski definition) is 5. The molecular formula is C13H22N4O2S. The van der Waals surface area contributed by atoms with E-state index in [0.29, 0.717) is 25.3 Å². The Balaban J connectivity index is 2.07. The van der Waals surface area contributed by atoms with Crippen LogP contribution in [0, 0.1) is 5.92 Å². The highest BCUT2D eigenvalue weighted by Gasteiger charge is 2.31. The minimum atomic E-state index is -3.17. The molecule has 1 fully saturated rings. The lowest BCUT2D eigenvalue weighted by molar-refractivity contribution is 0.263. The van der Waals surface area contributed by atoms with Crippen molar-refractivity contribution in [2.24, 2.45) is 5.92 Å². The van der Waals surface area contributed by atoms with Crippen molar-refractivity contribution in [1.82, 2.24) is 14.3 Å². The zero-order valence-corrected chi connectivity index (χ0v) is 12.8. The third-order valence-electron chi connectivity index (χ3n) is 3.73. The van der Waals surface area contributed by atoms with Gasteiger partial charge >= 0.3 is 0 Å². The lowest BCUT2D eigenvalue weighted by atomic mass is 9.94. The fraction of sp³-hybridized carbons (Fsp3) is 0.692. The van der Waals surface area contributed by atoms with Crippen molar-refractivity contribution < 1.29 is 8.42 Å². The summed E-state index contributed by atoms with van der Waals surface area (Å²) in [7, 11) is -3.17. The predicted molar refractivity (Wildman–Crippen MR) is 78.5 cm³/mol. The first-order valence-corrected chi connectivity index (χ1v) is 8.46. The number of sulfonamides is 1. The Morgan fingerprint density at radius 3 is 2.75 bits per heavy atom. The Kier molecular flexibility index (Phi) is 4.59. The molecule has 0 bridgehead atoms. The van der Waals surface area contributed by atoms with Crippen LogP contribution in [0.5, 0.6) is 0 Å². The van der Waals surface area contributed by atoms with Crippen LogP contribution in [0.2, 0.25) is 0 Å². The summed E-state index contributed by atoms with van der Waals surface area (Å²) in [6.45, 7) is 4.61. The zero-order valence-electron chi connectivity index (χ0n) is 12.0. The molecule has 2 heterocycles. The minimum Gasteiger partial charge on any atom is -0.382 e. The molecule has 2 N–H and O–H groups in total. The Labute approximate surface area is 120 Å². The van der Waals surface area contributed by atoms with Gasteiger partial charge in [-0.2, -0.15) is 0 Å². The largest absolute Gasteiger partial charge is 0.382 e. The summed E-state index contributed by atoms with van der Waals surface area (Å²) in [4.78, 5) is 8.26. The number of anilines is 1. The number of aromatic nitrogens is 2. The van der Waals surface area contributed by atoms with E-state index in [1.807, 2.05) is 0 Å². The molecule has 1 atom stereocenters. The van der Waals surface area contributed by atoms with Crippen LogP contribution < -0.4 is 5.73 Å². The van der Waals surface area contributed by atoms with Crippen molar-refractivity contribution in [3.63, 3.8) is 0 Å². The van der Waals surface area contributed by atoms with Gasteiger partial charge in [0, 0.05) is 25.5 Å². The molecule has 0 amide bonds. The van der Waals surface area contributed by atoms with Crippen LogP contribution in [0.25, 0.3) is 0 Å². The summed E-state index contributed by atoms with van der Waals surface area (Å²) in [5.74, 6) is 0.701. The van der Waals surface area contributed by atoms with E-state index in [-0.39, 0.29) is 11.2 Å². The molecule has 1 saturated heterocycles. The predicted octanol–water partition coefficient (Wildman–Crippen LogP) is 1.05. The van der Waals surface area contributed by atoms with Crippen molar-refractivity contribution in [1.29, 1.82) is 0 Å². The Morgan fingerprint density at radius 2 is 2.10 bits per heavy atom. The lowest BCUT2D eigenvalue weighted by Crippen LogP contribution is -2.43. The Hall–Kier alpha value is -1.21. The summed E-state index contributed by atoms with van der Waals surface area (Å²) in [6.07, 6.45) is 5.76. The molecule has 0 aromatic carbocycles. The maximum Gasteiger partial charge on any atom is 0.216 e. The summed E-state index contributed by atoms with van der Waals surface area (Å²) >= 11 is 0. The van der Waals surface area contributed by atoms with Gasteiger partial charge in [-0.3, -0.25) is 4.98 Å². The number of nitrogens with two attached hydrogens (primary N) is 1. The van der Waals surface area contributed by atoms with E-state index in [2.05, 4.69) is 9.97 Å². The maximum atomic E-state index is 12.2. The highest BCUT2D eigenvalue weighted by atomic mass is 32.2. The average Bonchev–Trinajstić information content (AvgIpc) is 2.41. The van der Waals surface area contributed by atoms with Crippen LogP contribution in [0.3, 0.4) is 0 Å². The van der Waals surface area contributed by atoms with E-state index in [9.17, 15) is 8.42 Å². The van der Waals surface area contributed by atoms with Gasteiger partial charge in [0.05, 0.1) is 10.9 Å². The fourth-order valence-electron chi connectivity index (χ4n) is 2.53. The molecular weight excluding hydrogens is 276 g/mol. The second-order valence-electron chi connectivity index (χ2n) is 5.55. The van der Waals surface area contributed by atoms with E-state index in [0.717, 1.165) is 18.5 Å². The molecule has 1 unspecified atom stereocenters. The number of nitrogens with zero attached hydrogens (tertiary/aromatic N) is 3. The highest BCUT2D eigenvalue weighted by Crippen LogP contribution is 2.24. The molecule has 7 heteroatoms. The summed E-state index contributed by atoms with van der Waals surface area (Å²) in [5, 5.41) is -0.372. The molecule has 1 aliphatic heterocycles. The van der Waals surface area contributed by atoms with Crippen molar-refractivity contribution in [3.8, 4) is 0 Å². The van der Waals surface area contributed by atoms with Gasteiger partial charge in [-0.15, -0.1) is 0 Å². The number of hydrogen-bond donors (Lipinski definition) is 1. The second-order valence-corrected chi connectivity index (χ2v) is 8.04. The van der Waals surface area contributed by atoms with E-state index < -0.39 is 10.0 Å². The molecule has 2 rings (SSSR count). The molecule has 1 aromatic rings.